The molecule has 0 aliphatic rings. The van der Waals surface area contributed by atoms with Gasteiger partial charge in [0.2, 0.25) is 0 Å². The van der Waals surface area contributed by atoms with E-state index in [-0.39, 0.29) is 11.3 Å². The van der Waals surface area contributed by atoms with Crippen LogP contribution in [0.2, 0.25) is 5.02 Å². The molecule has 7 nitrogen and oxygen atoms in total. The summed E-state index contributed by atoms with van der Waals surface area (Å²) >= 11 is 5.85. The van der Waals surface area contributed by atoms with Crippen molar-refractivity contribution in [3.63, 3.8) is 0 Å². The first-order valence-corrected chi connectivity index (χ1v) is 9.53. The molecule has 1 amide bonds. The van der Waals surface area contributed by atoms with Crippen molar-refractivity contribution in [1.82, 2.24) is 4.90 Å². The Morgan fingerprint density at radius 3 is 2.32 bits per heavy atom. The Morgan fingerprint density at radius 2 is 1.75 bits per heavy atom. The summed E-state index contributed by atoms with van der Waals surface area (Å²) in [6.07, 6.45) is 0. The van der Waals surface area contributed by atoms with Gasteiger partial charge in [0.15, 0.2) is 0 Å². The number of carbonyl (C=O) groups is 1. The van der Waals surface area contributed by atoms with Crippen molar-refractivity contribution in [2.45, 2.75) is 13.8 Å². The topological polar surface area (TPSA) is 78.7 Å². The number of amides is 1. The number of anilines is 2. The molecule has 0 radical (unpaired) electrons. The second-order valence-electron chi connectivity index (χ2n) is 6.34. The molecule has 2 rings (SSSR count). The van der Waals surface area contributed by atoms with Gasteiger partial charge in [0.25, 0.3) is 5.91 Å². The number of nitro benzene ring substituents is 1. The number of nitrogens with one attached hydrogen (secondary N) is 1. The maximum Gasteiger partial charge on any atom is 0.305 e. The third-order valence-corrected chi connectivity index (χ3v) is 4.85. The van der Waals surface area contributed by atoms with Crippen molar-refractivity contribution in [2.75, 3.05) is 43.4 Å². The van der Waals surface area contributed by atoms with Gasteiger partial charge in [-0.25, -0.2) is 0 Å². The van der Waals surface area contributed by atoms with Crippen LogP contribution in [-0.4, -0.2) is 49.0 Å². The molecule has 1 N–H and O–H groups in total. The minimum Gasteiger partial charge on any atom is -0.368 e. The van der Waals surface area contributed by atoms with E-state index < -0.39 is 10.8 Å². The maximum absolute atomic E-state index is 12.7. The summed E-state index contributed by atoms with van der Waals surface area (Å²) in [5.41, 5.74) is 0.757. The molecule has 28 heavy (non-hydrogen) atoms. The summed E-state index contributed by atoms with van der Waals surface area (Å²) < 4.78 is 0. The molecule has 150 valence electrons. The van der Waals surface area contributed by atoms with E-state index in [4.69, 9.17) is 11.6 Å². The highest BCUT2D eigenvalue weighted by Gasteiger charge is 2.26. The van der Waals surface area contributed by atoms with Crippen molar-refractivity contribution >= 4 is 34.6 Å². The first-order chi connectivity index (χ1) is 13.4. The minimum atomic E-state index is -0.534. The number of hydrogen-bond donors (Lipinski definition) is 1. The lowest BCUT2D eigenvalue weighted by Gasteiger charge is -2.24. The summed E-state index contributed by atoms with van der Waals surface area (Å²) in [6.45, 7) is 7.37. The third kappa shape index (κ3) is 5.43. The fourth-order valence-electron chi connectivity index (χ4n) is 2.90. The molecule has 0 unspecified atom stereocenters. The van der Waals surface area contributed by atoms with Crippen LogP contribution in [0.4, 0.5) is 17.1 Å². The number of halogens is 1. The van der Waals surface area contributed by atoms with E-state index in [1.54, 1.807) is 43.4 Å². The lowest BCUT2D eigenvalue weighted by Crippen LogP contribution is -2.33. The van der Waals surface area contributed by atoms with Gasteiger partial charge in [-0.05, 0) is 49.5 Å². The molecule has 0 heterocycles. The summed E-state index contributed by atoms with van der Waals surface area (Å²) in [6, 6.07) is 11.4. The van der Waals surface area contributed by atoms with Gasteiger partial charge < -0.3 is 15.1 Å². The monoisotopic (exact) mass is 404 g/mol. The molecule has 0 atom stereocenters. The fourth-order valence-corrected chi connectivity index (χ4v) is 3.02. The van der Waals surface area contributed by atoms with Gasteiger partial charge in [0.05, 0.1) is 4.92 Å². The average molecular weight is 405 g/mol. The molecule has 0 aliphatic heterocycles. The summed E-state index contributed by atoms with van der Waals surface area (Å²) in [7, 11) is 1.80. The highest BCUT2D eigenvalue weighted by atomic mass is 35.5. The van der Waals surface area contributed by atoms with E-state index in [0.717, 1.165) is 19.6 Å². The zero-order valence-electron chi connectivity index (χ0n) is 16.3. The number of nitro groups is 1. The number of likely N-dealkylation sites (N-methyl/N-ethyl adjacent to an activating group) is 2. The smallest absolute Gasteiger partial charge is 0.305 e. The number of rotatable bonds is 9. The van der Waals surface area contributed by atoms with Gasteiger partial charge in [-0.3, -0.25) is 14.9 Å². The molecule has 2 aromatic carbocycles. The number of nitrogens with zero attached hydrogens (tertiary/aromatic N) is 3. The second kappa shape index (κ2) is 10.1. The molecule has 0 bridgehead atoms. The summed E-state index contributed by atoms with van der Waals surface area (Å²) in [4.78, 5) is 28.0. The van der Waals surface area contributed by atoms with Crippen LogP contribution in [0.5, 0.6) is 0 Å². The molecule has 8 heteroatoms. The van der Waals surface area contributed by atoms with Crippen LogP contribution in [0.25, 0.3) is 0 Å². The zero-order valence-corrected chi connectivity index (χ0v) is 17.1. The van der Waals surface area contributed by atoms with Crippen LogP contribution in [0.15, 0.2) is 42.5 Å². The normalized spacial score (nSPS) is 10.8. The Hall–Kier alpha value is -2.64. The molecule has 0 fully saturated rings. The van der Waals surface area contributed by atoms with E-state index in [0.29, 0.717) is 22.9 Å². The highest BCUT2D eigenvalue weighted by molar-refractivity contribution is 6.30. The maximum atomic E-state index is 12.7. The number of carbonyl (C=O) groups excluding carboxylic acids is 1. The van der Waals surface area contributed by atoms with E-state index in [1.165, 1.54) is 6.07 Å². The quantitative estimate of drug-likeness (QED) is 0.498. The Balaban J connectivity index is 2.27. The third-order valence-electron chi connectivity index (χ3n) is 4.60. The SMILES string of the molecule is CCN(CC)CCN(C)c1cccc(C(=O)Nc2ccc(Cl)cc2)c1[N+](=O)[O-]. The Bertz CT molecular complexity index is 823. The Labute approximate surface area is 170 Å². The van der Waals surface area contributed by atoms with Crippen LogP contribution in [-0.2, 0) is 0 Å². The molecule has 0 aliphatic carbocycles. The fraction of sp³-hybridized carbons (Fsp3) is 0.350. The van der Waals surface area contributed by atoms with Crippen LogP contribution in [0, 0.1) is 10.1 Å². The van der Waals surface area contributed by atoms with Crippen molar-refractivity contribution < 1.29 is 9.72 Å². The van der Waals surface area contributed by atoms with Gasteiger partial charge >= 0.3 is 5.69 Å². The Morgan fingerprint density at radius 1 is 1.11 bits per heavy atom. The van der Waals surface area contributed by atoms with Gasteiger partial charge in [-0.1, -0.05) is 31.5 Å². The number of para-hydroxylation sites is 1. The standard InChI is InChI=1S/C20H25ClN4O3/c1-4-24(5-2)14-13-23(3)18-8-6-7-17(19(18)25(27)28)20(26)22-16-11-9-15(21)10-12-16/h6-12H,4-5,13-14H2,1-3H3,(H,22,26). The molecular formula is C20H25ClN4O3. The number of benzene rings is 2. The summed E-state index contributed by atoms with van der Waals surface area (Å²) in [5, 5.41) is 15.0. The first-order valence-electron chi connectivity index (χ1n) is 9.15. The van der Waals surface area contributed by atoms with E-state index in [2.05, 4.69) is 24.1 Å². The van der Waals surface area contributed by atoms with E-state index in [9.17, 15) is 14.9 Å². The lowest BCUT2D eigenvalue weighted by atomic mass is 10.1. The van der Waals surface area contributed by atoms with E-state index >= 15 is 0 Å². The van der Waals surface area contributed by atoms with Crippen LogP contribution in [0.1, 0.15) is 24.2 Å². The first kappa shape index (κ1) is 21.7. The van der Waals surface area contributed by atoms with E-state index in [1.807, 2.05) is 4.90 Å². The molecule has 0 saturated heterocycles. The lowest BCUT2D eigenvalue weighted by molar-refractivity contribution is -0.384. The molecule has 0 saturated carbocycles. The minimum absolute atomic E-state index is 0.0205. The zero-order chi connectivity index (χ0) is 20.7. The van der Waals surface area contributed by atoms with Gasteiger partial charge in [-0.2, -0.15) is 0 Å². The largest absolute Gasteiger partial charge is 0.368 e. The molecular weight excluding hydrogens is 380 g/mol. The molecule has 2 aromatic rings. The second-order valence-corrected chi connectivity index (χ2v) is 6.78. The van der Waals surface area contributed by atoms with Crippen molar-refractivity contribution in [2.24, 2.45) is 0 Å². The van der Waals surface area contributed by atoms with Crippen molar-refractivity contribution in [3.05, 3.63) is 63.2 Å². The van der Waals surface area contributed by atoms with Gasteiger partial charge in [0.1, 0.15) is 11.3 Å². The molecule has 0 spiro atoms. The predicted octanol–water partition coefficient (Wildman–Crippen LogP) is 4.28. The highest BCUT2D eigenvalue weighted by Crippen LogP contribution is 2.31. The Kier molecular flexibility index (Phi) is 7.78. The average Bonchev–Trinajstić information content (AvgIpc) is 2.69. The predicted molar refractivity (Wildman–Crippen MR) is 114 cm³/mol. The molecule has 0 aromatic heterocycles. The van der Waals surface area contributed by atoms with Crippen molar-refractivity contribution in [3.8, 4) is 0 Å². The van der Waals surface area contributed by atoms with Gasteiger partial charge in [-0.15, -0.1) is 0 Å². The van der Waals surface area contributed by atoms with Crippen molar-refractivity contribution in [1.29, 1.82) is 0 Å². The summed E-state index contributed by atoms with van der Waals surface area (Å²) in [5.74, 6) is -0.534. The van der Waals surface area contributed by atoms with Gasteiger partial charge in [0, 0.05) is 30.8 Å². The number of hydrogen-bond acceptors (Lipinski definition) is 5. The van der Waals surface area contributed by atoms with Crippen LogP contribution < -0.4 is 10.2 Å². The van der Waals surface area contributed by atoms with Crippen LogP contribution >= 0.6 is 11.6 Å². The van der Waals surface area contributed by atoms with Crippen LogP contribution in [0.3, 0.4) is 0 Å².